The van der Waals surface area contributed by atoms with Crippen LogP contribution in [0.4, 0.5) is 0 Å². The quantitative estimate of drug-likeness (QED) is 0.136. The smallest absolute Gasteiger partial charge is 0.344 e. The Morgan fingerprint density at radius 3 is 2.03 bits per heavy atom. The Hall–Kier alpha value is -3.58. The molecule has 4 atom stereocenters. The second kappa shape index (κ2) is 6.46. The number of phenolic OH excluding ortho intramolecular Hbond substituents is 3. The van der Waals surface area contributed by atoms with E-state index in [1.54, 1.807) is 0 Å². The minimum Gasteiger partial charge on any atom is -0.504 e. The standard InChI is InChI=1S/C19H14O12/c20-3-8-12(23)14(25)19(29-8)28-7-2-5-10-9-4(17(26)31-16(10)13(7)24)1-6(21)11(22)15(9)30-18(5)27/h1-2,8,12,14,19-25H,3H2/t8-,12-,14+,19-/m1/s1. The van der Waals surface area contributed by atoms with E-state index in [4.69, 9.17) is 18.3 Å². The lowest BCUT2D eigenvalue weighted by Gasteiger charge is -2.19. The highest BCUT2D eigenvalue weighted by Crippen LogP contribution is 2.45. The fraction of sp³-hybridized carbons (Fsp3) is 0.263. The van der Waals surface area contributed by atoms with Crippen molar-refractivity contribution in [3.63, 3.8) is 0 Å². The third-order valence-corrected chi connectivity index (χ3v) is 5.28. The van der Waals surface area contributed by atoms with E-state index in [-0.39, 0.29) is 21.5 Å². The van der Waals surface area contributed by atoms with Gasteiger partial charge in [0.15, 0.2) is 22.7 Å². The largest absolute Gasteiger partial charge is 0.504 e. The number of benzene rings is 2. The summed E-state index contributed by atoms with van der Waals surface area (Å²) in [5.41, 5.74) is -2.97. The predicted molar refractivity (Wildman–Crippen MR) is 101 cm³/mol. The van der Waals surface area contributed by atoms with Crippen LogP contribution in [0.15, 0.2) is 30.6 Å². The number of hydrogen-bond donors (Lipinski definition) is 6. The highest BCUT2D eigenvalue weighted by atomic mass is 16.7. The molecule has 3 heterocycles. The van der Waals surface area contributed by atoms with Gasteiger partial charge in [-0.25, -0.2) is 9.59 Å². The van der Waals surface area contributed by atoms with Gasteiger partial charge in [-0.05, 0) is 12.1 Å². The topological polar surface area (TPSA) is 200 Å². The summed E-state index contributed by atoms with van der Waals surface area (Å²) in [5, 5.41) is 59.1. The first-order valence-corrected chi connectivity index (χ1v) is 8.95. The molecule has 4 aromatic rings. The number of ether oxygens (including phenoxy) is 2. The van der Waals surface area contributed by atoms with Crippen molar-refractivity contribution in [1.29, 1.82) is 0 Å². The number of aromatic hydroxyl groups is 3. The van der Waals surface area contributed by atoms with Crippen molar-refractivity contribution in [3.8, 4) is 23.0 Å². The molecule has 2 aromatic heterocycles. The van der Waals surface area contributed by atoms with Crippen LogP contribution < -0.4 is 16.0 Å². The molecule has 0 unspecified atom stereocenters. The number of hydrogen-bond acceptors (Lipinski definition) is 12. The van der Waals surface area contributed by atoms with Crippen molar-refractivity contribution in [3.05, 3.63) is 33.0 Å². The van der Waals surface area contributed by atoms with Gasteiger partial charge in [0.25, 0.3) is 0 Å². The molecule has 1 saturated heterocycles. The zero-order valence-electron chi connectivity index (χ0n) is 15.3. The molecule has 1 fully saturated rings. The normalized spacial score (nSPS) is 24.0. The van der Waals surface area contributed by atoms with Crippen molar-refractivity contribution in [2.75, 3.05) is 6.61 Å². The van der Waals surface area contributed by atoms with Crippen molar-refractivity contribution in [2.24, 2.45) is 0 Å². The Morgan fingerprint density at radius 1 is 0.871 bits per heavy atom. The Labute approximate surface area is 169 Å². The molecule has 0 aliphatic carbocycles. The number of aliphatic hydroxyl groups is 3. The van der Waals surface area contributed by atoms with Crippen molar-refractivity contribution in [2.45, 2.75) is 24.6 Å². The van der Waals surface area contributed by atoms with Crippen LogP contribution in [-0.2, 0) is 4.74 Å². The monoisotopic (exact) mass is 434 g/mol. The second-order valence-electron chi connectivity index (χ2n) is 7.07. The Balaban J connectivity index is 1.78. The van der Waals surface area contributed by atoms with E-state index in [1.807, 2.05) is 0 Å². The molecule has 1 aliphatic heterocycles. The molecule has 1 aliphatic rings. The molecular formula is C19H14O12. The molecule has 12 heteroatoms. The molecule has 0 spiro atoms. The number of aliphatic hydroxyl groups excluding tert-OH is 3. The van der Waals surface area contributed by atoms with E-state index >= 15 is 0 Å². The highest BCUT2D eigenvalue weighted by molar-refractivity contribution is 6.22. The Kier molecular flexibility index (Phi) is 4.04. The first-order chi connectivity index (χ1) is 14.7. The summed E-state index contributed by atoms with van der Waals surface area (Å²) in [5.74, 6) is -2.66. The fourth-order valence-electron chi connectivity index (χ4n) is 3.75. The lowest BCUT2D eigenvalue weighted by molar-refractivity contribution is -0.117. The molecule has 6 N–H and O–H groups in total. The average molecular weight is 434 g/mol. The van der Waals surface area contributed by atoms with Crippen molar-refractivity contribution in [1.82, 2.24) is 0 Å². The SMILES string of the molecule is O=c1oc2c(O)c(O[C@@H]3O[C@H](CO)[C@@H](O)[C@@H]3O)cc3c(=O)oc4c(O)c(O)cc1c4c23. The molecule has 0 saturated carbocycles. The lowest BCUT2D eigenvalue weighted by atomic mass is 10.0. The van der Waals surface area contributed by atoms with Gasteiger partial charge in [-0.15, -0.1) is 0 Å². The van der Waals surface area contributed by atoms with Crippen LogP contribution in [0, 0.1) is 0 Å². The summed E-state index contributed by atoms with van der Waals surface area (Å²) >= 11 is 0. The van der Waals surface area contributed by atoms with Crippen LogP contribution >= 0.6 is 0 Å². The van der Waals surface area contributed by atoms with Crippen LogP contribution in [0.25, 0.3) is 32.7 Å². The van der Waals surface area contributed by atoms with Gasteiger partial charge >= 0.3 is 11.3 Å². The van der Waals surface area contributed by atoms with Crippen LogP contribution in [0.5, 0.6) is 23.0 Å². The first kappa shape index (κ1) is 19.4. The van der Waals surface area contributed by atoms with Crippen LogP contribution in [0.1, 0.15) is 0 Å². The van der Waals surface area contributed by atoms with Gasteiger partial charge in [-0.2, -0.15) is 0 Å². The van der Waals surface area contributed by atoms with Gasteiger partial charge in [0.1, 0.15) is 18.3 Å². The number of phenols is 3. The average Bonchev–Trinajstić information content (AvgIpc) is 3.01. The van der Waals surface area contributed by atoms with E-state index in [1.165, 1.54) is 0 Å². The van der Waals surface area contributed by atoms with Crippen LogP contribution in [0.3, 0.4) is 0 Å². The summed E-state index contributed by atoms with van der Waals surface area (Å²) in [4.78, 5) is 25.0. The maximum atomic E-state index is 12.6. The summed E-state index contributed by atoms with van der Waals surface area (Å²) in [7, 11) is 0. The van der Waals surface area contributed by atoms with Gasteiger partial charge in [-0.1, -0.05) is 0 Å². The number of rotatable bonds is 3. The molecule has 0 bridgehead atoms. The van der Waals surface area contributed by atoms with Crippen LogP contribution in [0.2, 0.25) is 0 Å². The second-order valence-corrected chi connectivity index (χ2v) is 7.07. The molecule has 5 rings (SSSR count). The maximum Gasteiger partial charge on any atom is 0.344 e. The van der Waals surface area contributed by atoms with Gasteiger partial charge in [0.2, 0.25) is 17.8 Å². The summed E-state index contributed by atoms with van der Waals surface area (Å²) < 4.78 is 20.8. The molecule has 2 aromatic carbocycles. The zero-order chi connectivity index (χ0) is 22.2. The lowest BCUT2D eigenvalue weighted by Crippen LogP contribution is -2.35. The zero-order valence-corrected chi connectivity index (χ0v) is 15.3. The predicted octanol–water partition coefficient (Wildman–Crippen LogP) is -0.575. The van der Waals surface area contributed by atoms with E-state index < -0.39 is 76.6 Å². The molecule has 0 radical (unpaired) electrons. The van der Waals surface area contributed by atoms with Gasteiger partial charge in [-0.3, -0.25) is 0 Å². The summed E-state index contributed by atoms with van der Waals surface area (Å²) in [6, 6.07) is 1.98. The maximum absolute atomic E-state index is 12.6. The van der Waals surface area contributed by atoms with Crippen molar-refractivity contribution < 1.29 is 48.9 Å². The van der Waals surface area contributed by atoms with Gasteiger partial charge in [0.05, 0.1) is 17.4 Å². The molecule has 31 heavy (non-hydrogen) atoms. The molecular weight excluding hydrogens is 420 g/mol. The molecule has 12 nitrogen and oxygen atoms in total. The third kappa shape index (κ3) is 2.56. The third-order valence-electron chi connectivity index (χ3n) is 5.28. The first-order valence-electron chi connectivity index (χ1n) is 8.95. The van der Waals surface area contributed by atoms with E-state index in [2.05, 4.69) is 0 Å². The Morgan fingerprint density at radius 2 is 1.45 bits per heavy atom. The highest BCUT2D eigenvalue weighted by Gasteiger charge is 2.44. The minimum atomic E-state index is -1.59. The van der Waals surface area contributed by atoms with Gasteiger partial charge in [0, 0.05) is 10.8 Å². The molecule has 162 valence electrons. The van der Waals surface area contributed by atoms with E-state index in [0.717, 1.165) is 12.1 Å². The molecule has 0 amide bonds. The van der Waals surface area contributed by atoms with Crippen molar-refractivity contribution >= 4 is 32.7 Å². The fourth-order valence-corrected chi connectivity index (χ4v) is 3.75. The minimum absolute atomic E-state index is 0.0640. The summed E-state index contributed by atoms with van der Waals surface area (Å²) in [6.45, 7) is -0.612. The van der Waals surface area contributed by atoms with E-state index in [0.29, 0.717) is 0 Å². The van der Waals surface area contributed by atoms with Crippen LogP contribution in [-0.4, -0.2) is 61.8 Å². The summed E-state index contributed by atoms with van der Waals surface area (Å²) in [6.07, 6.45) is -5.73. The van der Waals surface area contributed by atoms with Gasteiger partial charge < -0.3 is 48.9 Å². The Bertz CT molecular complexity index is 1450. The van der Waals surface area contributed by atoms with E-state index in [9.17, 15) is 40.2 Å².